The quantitative estimate of drug-likeness (QED) is 0.448. The van der Waals surface area contributed by atoms with E-state index in [0.717, 1.165) is 44.1 Å². The lowest BCUT2D eigenvalue weighted by Gasteiger charge is -2.34. The Morgan fingerprint density at radius 1 is 1.39 bits per heavy atom. The van der Waals surface area contributed by atoms with Gasteiger partial charge >= 0.3 is 0 Å². The van der Waals surface area contributed by atoms with Gasteiger partial charge in [-0.3, -0.25) is 4.99 Å². The van der Waals surface area contributed by atoms with Crippen LogP contribution in [-0.2, 0) is 11.3 Å². The molecule has 4 nitrogen and oxygen atoms in total. The van der Waals surface area contributed by atoms with Gasteiger partial charge in [-0.15, -0.1) is 24.0 Å². The topological polar surface area (TPSA) is 36.9 Å². The van der Waals surface area contributed by atoms with Gasteiger partial charge < -0.3 is 15.0 Å². The standard InChI is InChI=1S/C17H26FN3O.HI/c1-4-22-15-7-9-21(10-8-15)17(19-3)20-12-14-6-5-13(2)16(18)11-14;/h5-6,11,15H,4,7-10,12H2,1-3H3,(H,19,20);1H. The van der Waals surface area contributed by atoms with Crippen molar-refractivity contribution in [3.8, 4) is 0 Å². The molecule has 0 aromatic heterocycles. The van der Waals surface area contributed by atoms with Crippen LogP contribution in [0.4, 0.5) is 4.39 Å². The third kappa shape index (κ3) is 5.91. The number of benzene rings is 1. The lowest BCUT2D eigenvalue weighted by molar-refractivity contribution is 0.0263. The summed E-state index contributed by atoms with van der Waals surface area (Å²) in [4.78, 5) is 6.57. The van der Waals surface area contributed by atoms with Crippen LogP contribution in [0, 0.1) is 12.7 Å². The van der Waals surface area contributed by atoms with E-state index in [-0.39, 0.29) is 29.8 Å². The van der Waals surface area contributed by atoms with Crippen LogP contribution in [0.1, 0.15) is 30.9 Å². The minimum absolute atomic E-state index is 0. The molecule has 1 aromatic rings. The smallest absolute Gasteiger partial charge is 0.193 e. The number of piperidine rings is 1. The lowest BCUT2D eigenvalue weighted by atomic mass is 10.1. The number of hydrogen-bond donors (Lipinski definition) is 1. The molecular formula is C17H27FIN3O. The summed E-state index contributed by atoms with van der Waals surface area (Å²) in [6.45, 7) is 7.03. The summed E-state index contributed by atoms with van der Waals surface area (Å²) < 4.78 is 19.2. The summed E-state index contributed by atoms with van der Waals surface area (Å²) in [6, 6.07) is 5.33. The molecule has 0 unspecified atom stereocenters. The molecule has 1 fully saturated rings. The average molecular weight is 435 g/mol. The molecule has 1 aliphatic heterocycles. The van der Waals surface area contributed by atoms with E-state index in [1.54, 1.807) is 20.0 Å². The van der Waals surface area contributed by atoms with E-state index in [1.165, 1.54) is 0 Å². The fourth-order valence-electron chi connectivity index (χ4n) is 2.73. The number of nitrogens with one attached hydrogen (secondary N) is 1. The number of aryl methyl sites for hydroxylation is 1. The first-order valence-electron chi connectivity index (χ1n) is 7.96. The second-order valence-corrected chi connectivity index (χ2v) is 5.63. The summed E-state index contributed by atoms with van der Waals surface area (Å²) in [5.41, 5.74) is 1.60. The van der Waals surface area contributed by atoms with E-state index in [0.29, 0.717) is 18.2 Å². The van der Waals surface area contributed by atoms with Crippen molar-refractivity contribution in [1.82, 2.24) is 10.2 Å². The molecule has 2 rings (SSSR count). The zero-order valence-electron chi connectivity index (χ0n) is 14.1. The normalized spacial score (nSPS) is 16.2. The van der Waals surface area contributed by atoms with Crippen LogP contribution in [0.3, 0.4) is 0 Å². The maximum atomic E-state index is 13.6. The summed E-state index contributed by atoms with van der Waals surface area (Å²) in [7, 11) is 1.78. The van der Waals surface area contributed by atoms with Crippen LogP contribution in [0.2, 0.25) is 0 Å². The van der Waals surface area contributed by atoms with E-state index in [2.05, 4.69) is 15.2 Å². The molecule has 1 heterocycles. The first kappa shape index (κ1) is 20.2. The van der Waals surface area contributed by atoms with Gasteiger partial charge in [-0.2, -0.15) is 0 Å². The highest BCUT2D eigenvalue weighted by molar-refractivity contribution is 14.0. The van der Waals surface area contributed by atoms with Gasteiger partial charge in [-0.1, -0.05) is 12.1 Å². The second kappa shape index (κ2) is 10.1. The van der Waals surface area contributed by atoms with E-state index in [1.807, 2.05) is 19.1 Å². The van der Waals surface area contributed by atoms with Crippen molar-refractivity contribution in [3.05, 3.63) is 35.1 Å². The molecule has 1 aliphatic rings. The number of rotatable bonds is 4. The third-order valence-electron chi connectivity index (χ3n) is 4.04. The molecule has 1 aromatic carbocycles. The summed E-state index contributed by atoms with van der Waals surface area (Å²) in [5.74, 6) is 0.711. The van der Waals surface area contributed by atoms with Crippen molar-refractivity contribution in [3.63, 3.8) is 0 Å². The molecule has 0 aliphatic carbocycles. The minimum atomic E-state index is -0.160. The Balaban J connectivity index is 0.00000264. The monoisotopic (exact) mass is 435 g/mol. The Morgan fingerprint density at radius 2 is 2.09 bits per heavy atom. The number of hydrogen-bond acceptors (Lipinski definition) is 2. The third-order valence-corrected chi connectivity index (χ3v) is 4.04. The molecule has 0 bridgehead atoms. The Labute approximate surface area is 155 Å². The molecule has 0 saturated carbocycles. The lowest BCUT2D eigenvalue weighted by Crippen LogP contribution is -2.46. The van der Waals surface area contributed by atoms with Crippen molar-refractivity contribution < 1.29 is 9.13 Å². The molecule has 23 heavy (non-hydrogen) atoms. The maximum Gasteiger partial charge on any atom is 0.193 e. The van der Waals surface area contributed by atoms with Crippen molar-refractivity contribution in [2.75, 3.05) is 26.7 Å². The molecule has 0 spiro atoms. The molecule has 0 atom stereocenters. The maximum absolute atomic E-state index is 13.6. The van der Waals surface area contributed by atoms with Crippen LogP contribution < -0.4 is 5.32 Å². The van der Waals surface area contributed by atoms with E-state index in [4.69, 9.17) is 4.74 Å². The Kier molecular flexibility index (Phi) is 8.83. The van der Waals surface area contributed by atoms with Crippen LogP contribution in [0.25, 0.3) is 0 Å². The SMILES string of the molecule is CCOC1CCN(C(=NC)NCc2ccc(C)c(F)c2)CC1.I. The first-order chi connectivity index (χ1) is 10.6. The zero-order chi connectivity index (χ0) is 15.9. The van der Waals surface area contributed by atoms with Gasteiger partial charge in [-0.05, 0) is 43.9 Å². The van der Waals surface area contributed by atoms with Crippen LogP contribution in [0.15, 0.2) is 23.2 Å². The summed E-state index contributed by atoms with van der Waals surface area (Å²) >= 11 is 0. The summed E-state index contributed by atoms with van der Waals surface area (Å²) in [5, 5.41) is 3.32. The molecule has 130 valence electrons. The van der Waals surface area contributed by atoms with E-state index < -0.39 is 0 Å². The van der Waals surface area contributed by atoms with Gasteiger partial charge in [0.1, 0.15) is 5.82 Å². The molecule has 0 amide bonds. The van der Waals surface area contributed by atoms with E-state index in [9.17, 15) is 4.39 Å². The average Bonchev–Trinajstić information content (AvgIpc) is 2.53. The van der Waals surface area contributed by atoms with Crippen molar-refractivity contribution in [2.45, 2.75) is 39.3 Å². The molecular weight excluding hydrogens is 408 g/mol. The van der Waals surface area contributed by atoms with Gasteiger partial charge in [0.25, 0.3) is 0 Å². The molecule has 0 radical (unpaired) electrons. The molecule has 6 heteroatoms. The van der Waals surface area contributed by atoms with Gasteiger partial charge in [0, 0.05) is 33.3 Å². The van der Waals surface area contributed by atoms with Gasteiger partial charge in [-0.25, -0.2) is 4.39 Å². The number of ether oxygens (including phenoxy) is 1. The number of halogens is 2. The van der Waals surface area contributed by atoms with Crippen LogP contribution in [-0.4, -0.2) is 43.7 Å². The Morgan fingerprint density at radius 3 is 2.65 bits per heavy atom. The fraction of sp³-hybridized carbons (Fsp3) is 0.588. The number of guanidine groups is 1. The van der Waals surface area contributed by atoms with E-state index >= 15 is 0 Å². The highest BCUT2D eigenvalue weighted by Crippen LogP contribution is 2.14. The minimum Gasteiger partial charge on any atom is -0.378 e. The largest absolute Gasteiger partial charge is 0.378 e. The fourth-order valence-corrected chi connectivity index (χ4v) is 2.73. The zero-order valence-corrected chi connectivity index (χ0v) is 16.5. The summed E-state index contributed by atoms with van der Waals surface area (Å²) in [6.07, 6.45) is 2.41. The Hall–Kier alpha value is -0.890. The van der Waals surface area contributed by atoms with Crippen LogP contribution >= 0.6 is 24.0 Å². The highest BCUT2D eigenvalue weighted by atomic mass is 127. The number of aliphatic imine (C=N–C) groups is 1. The first-order valence-corrected chi connectivity index (χ1v) is 7.96. The predicted octanol–water partition coefficient (Wildman–Crippen LogP) is 3.33. The van der Waals surface area contributed by atoms with Crippen molar-refractivity contribution in [2.24, 2.45) is 4.99 Å². The van der Waals surface area contributed by atoms with Crippen molar-refractivity contribution >= 4 is 29.9 Å². The molecule has 1 saturated heterocycles. The predicted molar refractivity (Wildman–Crippen MR) is 103 cm³/mol. The van der Waals surface area contributed by atoms with Crippen LogP contribution in [0.5, 0.6) is 0 Å². The number of likely N-dealkylation sites (tertiary alicyclic amines) is 1. The molecule has 1 N–H and O–H groups in total. The van der Waals surface area contributed by atoms with Gasteiger partial charge in [0.05, 0.1) is 6.10 Å². The highest BCUT2D eigenvalue weighted by Gasteiger charge is 2.21. The Bertz CT molecular complexity index is 517. The van der Waals surface area contributed by atoms with Gasteiger partial charge in [0.15, 0.2) is 5.96 Å². The van der Waals surface area contributed by atoms with Crippen molar-refractivity contribution in [1.29, 1.82) is 0 Å². The second-order valence-electron chi connectivity index (χ2n) is 5.63. The number of nitrogens with zero attached hydrogens (tertiary/aromatic N) is 2. The van der Waals surface area contributed by atoms with Gasteiger partial charge in [0.2, 0.25) is 0 Å².